The Kier molecular flexibility index (Phi) is 4.51. The van der Waals surface area contributed by atoms with Gasteiger partial charge in [0.05, 0.1) is 0 Å². The van der Waals surface area contributed by atoms with Crippen molar-refractivity contribution in [3.05, 3.63) is 0 Å². The molecule has 4 atom stereocenters. The van der Waals surface area contributed by atoms with Crippen LogP contribution in [0.5, 0.6) is 0 Å². The Hall–Kier alpha value is -0.610. The molecule has 0 radical (unpaired) electrons. The summed E-state index contributed by atoms with van der Waals surface area (Å²) in [6.45, 7) is 4.89. The molecule has 1 saturated heterocycles. The highest BCUT2D eigenvalue weighted by atomic mass is 16.4. The fourth-order valence-corrected chi connectivity index (χ4v) is 4.03. The zero-order chi connectivity index (χ0) is 14.0. The lowest BCUT2D eigenvalue weighted by Gasteiger charge is -2.47. The number of fused-ring (bicyclic) bond motifs is 1. The van der Waals surface area contributed by atoms with E-state index in [1.165, 1.54) is 38.5 Å². The Balaban J connectivity index is 2.01. The maximum absolute atomic E-state index is 11.2. The van der Waals surface area contributed by atoms with Crippen LogP contribution in [0.3, 0.4) is 0 Å². The van der Waals surface area contributed by atoms with E-state index in [0.717, 1.165) is 12.5 Å². The van der Waals surface area contributed by atoms with Crippen molar-refractivity contribution < 1.29 is 9.90 Å². The molecule has 1 aliphatic heterocycles. The van der Waals surface area contributed by atoms with Crippen molar-refractivity contribution >= 4 is 5.97 Å². The molecule has 2 unspecified atom stereocenters. The lowest BCUT2D eigenvalue weighted by Crippen LogP contribution is -2.55. The third-order valence-corrected chi connectivity index (χ3v) is 5.06. The SMILES string of the molecule is CC(CC(C)(N)C(=O)O)N1CCC[C@H]2CCCC[C@H]21. The number of nitrogens with zero attached hydrogens (tertiary/aromatic N) is 1. The molecule has 0 aromatic rings. The van der Waals surface area contributed by atoms with Gasteiger partial charge in [0, 0.05) is 12.1 Å². The number of likely N-dealkylation sites (tertiary alicyclic amines) is 1. The molecule has 1 heterocycles. The van der Waals surface area contributed by atoms with Gasteiger partial charge in [-0.3, -0.25) is 9.69 Å². The van der Waals surface area contributed by atoms with Crippen LogP contribution in [0.1, 0.15) is 58.8 Å². The number of carboxylic acid groups (broad SMARTS) is 1. The molecule has 2 rings (SSSR count). The fraction of sp³-hybridized carbons (Fsp3) is 0.933. The van der Waals surface area contributed by atoms with Gasteiger partial charge in [-0.05, 0) is 58.4 Å². The maximum atomic E-state index is 11.2. The smallest absolute Gasteiger partial charge is 0.323 e. The molecule has 4 nitrogen and oxygen atoms in total. The molecular formula is C15H28N2O2. The third-order valence-electron chi connectivity index (χ3n) is 5.06. The number of rotatable bonds is 4. The highest BCUT2D eigenvalue weighted by Crippen LogP contribution is 2.37. The van der Waals surface area contributed by atoms with Crippen molar-refractivity contribution in [2.24, 2.45) is 11.7 Å². The van der Waals surface area contributed by atoms with Gasteiger partial charge in [0.15, 0.2) is 0 Å². The van der Waals surface area contributed by atoms with Crippen LogP contribution in [0.25, 0.3) is 0 Å². The molecule has 2 aliphatic rings. The average molecular weight is 268 g/mol. The number of hydrogen-bond donors (Lipinski definition) is 2. The summed E-state index contributed by atoms with van der Waals surface area (Å²) in [5.41, 5.74) is 4.80. The van der Waals surface area contributed by atoms with Crippen molar-refractivity contribution in [3.63, 3.8) is 0 Å². The normalized spacial score (nSPS) is 33.2. The van der Waals surface area contributed by atoms with Crippen LogP contribution in [-0.4, -0.2) is 40.1 Å². The quantitative estimate of drug-likeness (QED) is 0.820. The van der Waals surface area contributed by atoms with Gasteiger partial charge >= 0.3 is 5.97 Å². The number of hydrogen-bond acceptors (Lipinski definition) is 3. The van der Waals surface area contributed by atoms with E-state index in [0.29, 0.717) is 12.5 Å². The van der Waals surface area contributed by atoms with Crippen LogP contribution in [0.4, 0.5) is 0 Å². The highest BCUT2D eigenvalue weighted by Gasteiger charge is 2.38. The average Bonchev–Trinajstić information content (AvgIpc) is 2.37. The summed E-state index contributed by atoms with van der Waals surface area (Å²) in [6, 6.07) is 0.930. The van der Waals surface area contributed by atoms with Gasteiger partial charge in [-0.1, -0.05) is 12.8 Å². The van der Waals surface area contributed by atoms with Gasteiger partial charge in [-0.25, -0.2) is 0 Å². The summed E-state index contributed by atoms with van der Waals surface area (Å²) in [6.07, 6.45) is 8.46. The van der Waals surface area contributed by atoms with Crippen molar-refractivity contribution in [2.75, 3.05) is 6.54 Å². The van der Waals surface area contributed by atoms with Gasteiger partial charge in [-0.15, -0.1) is 0 Å². The molecule has 0 amide bonds. The van der Waals surface area contributed by atoms with Crippen molar-refractivity contribution in [1.82, 2.24) is 4.90 Å². The number of aliphatic carboxylic acids is 1. The summed E-state index contributed by atoms with van der Waals surface area (Å²) in [5, 5.41) is 9.18. The van der Waals surface area contributed by atoms with Crippen LogP contribution in [-0.2, 0) is 4.79 Å². The van der Waals surface area contributed by atoms with E-state index in [-0.39, 0.29) is 6.04 Å². The first-order chi connectivity index (χ1) is 8.92. The van der Waals surface area contributed by atoms with Gasteiger partial charge in [0.25, 0.3) is 0 Å². The molecule has 4 heteroatoms. The number of nitrogens with two attached hydrogens (primary N) is 1. The van der Waals surface area contributed by atoms with Crippen molar-refractivity contribution in [3.8, 4) is 0 Å². The van der Waals surface area contributed by atoms with Gasteiger partial charge in [-0.2, -0.15) is 0 Å². The monoisotopic (exact) mass is 268 g/mol. The lowest BCUT2D eigenvalue weighted by atomic mass is 9.77. The zero-order valence-electron chi connectivity index (χ0n) is 12.3. The molecule has 0 spiro atoms. The second kappa shape index (κ2) is 5.80. The minimum absolute atomic E-state index is 0.261. The Morgan fingerprint density at radius 1 is 1.37 bits per heavy atom. The highest BCUT2D eigenvalue weighted by molar-refractivity contribution is 5.77. The maximum Gasteiger partial charge on any atom is 0.323 e. The summed E-state index contributed by atoms with van der Waals surface area (Å²) < 4.78 is 0. The Morgan fingerprint density at radius 2 is 2.00 bits per heavy atom. The largest absolute Gasteiger partial charge is 0.480 e. The molecule has 1 saturated carbocycles. The second-order valence-electron chi connectivity index (χ2n) is 6.77. The standard InChI is InChI=1S/C15H28N2O2/c1-11(10-15(2,16)14(18)19)17-9-5-7-12-6-3-4-8-13(12)17/h11-13H,3-10,16H2,1-2H3,(H,18,19)/t11?,12-,13-,15?/m1/s1. The first-order valence-corrected chi connectivity index (χ1v) is 7.70. The Labute approximate surface area is 116 Å². The summed E-state index contributed by atoms with van der Waals surface area (Å²) >= 11 is 0. The Bertz CT molecular complexity index is 328. The van der Waals surface area contributed by atoms with Crippen LogP contribution in [0.2, 0.25) is 0 Å². The minimum Gasteiger partial charge on any atom is -0.480 e. The molecule has 0 bridgehead atoms. The van der Waals surface area contributed by atoms with E-state index in [9.17, 15) is 9.90 Å². The van der Waals surface area contributed by atoms with Crippen LogP contribution >= 0.6 is 0 Å². The van der Waals surface area contributed by atoms with E-state index in [1.54, 1.807) is 6.92 Å². The first kappa shape index (κ1) is 14.8. The van der Waals surface area contributed by atoms with E-state index in [4.69, 9.17) is 5.73 Å². The summed E-state index contributed by atoms with van der Waals surface area (Å²) in [7, 11) is 0. The topological polar surface area (TPSA) is 66.6 Å². The molecular weight excluding hydrogens is 240 g/mol. The second-order valence-corrected chi connectivity index (χ2v) is 6.77. The lowest BCUT2D eigenvalue weighted by molar-refractivity contribution is -0.143. The van der Waals surface area contributed by atoms with Gasteiger partial charge < -0.3 is 10.8 Å². The molecule has 2 fully saturated rings. The number of piperidine rings is 1. The van der Waals surface area contributed by atoms with E-state index < -0.39 is 11.5 Å². The first-order valence-electron chi connectivity index (χ1n) is 7.70. The minimum atomic E-state index is -1.11. The van der Waals surface area contributed by atoms with Crippen LogP contribution in [0.15, 0.2) is 0 Å². The molecule has 19 heavy (non-hydrogen) atoms. The van der Waals surface area contributed by atoms with Gasteiger partial charge in [0.1, 0.15) is 5.54 Å². The molecule has 0 aromatic carbocycles. The van der Waals surface area contributed by atoms with Gasteiger partial charge in [0.2, 0.25) is 0 Å². The van der Waals surface area contributed by atoms with E-state index in [2.05, 4.69) is 11.8 Å². The number of carbonyl (C=O) groups is 1. The predicted molar refractivity (Wildman–Crippen MR) is 76.0 cm³/mol. The molecule has 0 aromatic heterocycles. The van der Waals surface area contributed by atoms with Crippen LogP contribution in [0, 0.1) is 5.92 Å². The molecule has 1 aliphatic carbocycles. The zero-order valence-corrected chi connectivity index (χ0v) is 12.3. The molecule has 110 valence electrons. The Morgan fingerprint density at radius 3 is 2.68 bits per heavy atom. The van der Waals surface area contributed by atoms with Crippen molar-refractivity contribution in [2.45, 2.75) is 76.4 Å². The predicted octanol–water partition coefficient (Wildman–Crippen LogP) is 2.22. The number of carboxylic acids is 1. The van der Waals surface area contributed by atoms with Crippen molar-refractivity contribution in [1.29, 1.82) is 0 Å². The fourth-order valence-electron chi connectivity index (χ4n) is 4.03. The third kappa shape index (κ3) is 3.29. The van der Waals surface area contributed by atoms with Crippen LogP contribution < -0.4 is 5.73 Å². The summed E-state index contributed by atoms with van der Waals surface area (Å²) in [5.74, 6) is -0.0598. The summed E-state index contributed by atoms with van der Waals surface area (Å²) in [4.78, 5) is 13.7. The van der Waals surface area contributed by atoms with E-state index >= 15 is 0 Å². The molecule has 3 N–H and O–H groups in total. The van der Waals surface area contributed by atoms with E-state index in [1.807, 2.05) is 0 Å².